The van der Waals surface area contributed by atoms with Gasteiger partial charge in [-0.05, 0) is 49.1 Å². The standard InChI is InChI=1S/C22H27N5/c1-15-6-5-7-19(16(15)2)20-14-21(26-22(23)25-20)24-13-12-17-8-10-18(11-9-17)27(3)4/h5-11,14H,12-13H2,1-4H3,(H3,23,24,25,26). The summed E-state index contributed by atoms with van der Waals surface area (Å²) in [4.78, 5) is 10.8. The van der Waals surface area contributed by atoms with Crippen LogP contribution < -0.4 is 16.0 Å². The van der Waals surface area contributed by atoms with Gasteiger partial charge in [-0.1, -0.05) is 30.3 Å². The fraction of sp³-hybridized carbons (Fsp3) is 0.273. The molecule has 0 aliphatic carbocycles. The van der Waals surface area contributed by atoms with Crippen LogP contribution in [0.5, 0.6) is 0 Å². The summed E-state index contributed by atoms with van der Waals surface area (Å²) in [5, 5.41) is 3.37. The summed E-state index contributed by atoms with van der Waals surface area (Å²) in [6.07, 6.45) is 0.913. The number of anilines is 3. The average Bonchev–Trinajstić information content (AvgIpc) is 2.64. The molecule has 0 fully saturated rings. The highest BCUT2D eigenvalue weighted by Gasteiger charge is 2.08. The maximum Gasteiger partial charge on any atom is 0.222 e. The number of hydrogen-bond donors (Lipinski definition) is 2. The number of rotatable bonds is 6. The minimum Gasteiger partial charge on any atom is -0.378 e. The van der Waals surface area contributed by atoms with Crippen molar-refractivity contribution < 1.29 is 0 Å². The van der Waals surface area contributed by atoms with Crippen molar-refractivity contribution in [2.45, 2.75) is 20.3 Å². The second-order valence-corrected chi connectivity index (χ2v) is 6.98. The quantitative estimate of drug-likeness (QED) is 0.693. The maximum absolute atomic E-state index is 5.95. The van der Waals surface area contributed by atoms with Gasteiger partial charge in [0, 0.05) is 38.0 Å². The van der Waals surface area contributed by atoms with E-state index in [1.54, 1.807) is 0 Å². The third kappa shape index (κ3) is 4.56. The number of hydrogen-bond acceptors (Lipinski definition) is 5. The highest BCUT2D eigenvalue weighted by Crippen LogP contribution is 2.26. The predicted molar refractivity (Wildman–Crippen MR) is 114 cm³/mol. The monoisotopic (exact) mass is 361 g/mol. The second kappa shape index (κ2) is 8.08. The van der Waals surface area contributed by atoms with E-state index in [4.69, 9.17) is 5.73 Å². The molecular formula is C22H27N5. The van der Waals surface area contributed by atoms with E-state index in [1.807, 2.05) is 26.2 Å². The number of nitrogens with two attached hydrogens (primary N) is 1. The molecular weight excluding hydrogens is 334 g/mol. The summed E-state index contributed by atoms with van der Waals surface area (Å²) in [6.45, 7) is 4.99. The van der Waals surface area contributed by atoms with E-state index in [1.165, 1.54) is 22.4 Å². The first kappa shape index (κ1) is 18.7. The highest BCUT2D eigenvalue weighted by molar-refractivity contribution is 5.68. The summed E-state index contributed by atoms with van der Waals surface area (Å²) >= 11 is 0. The Morgan fingerprint density at radius 2 is 1.74 bits per heavy atom. The normalized spacial score (nSPS) is 10.7. The van der Waals surface area contributed by atoms with Crippen molar-refractivity contribution in [2.24, 2.45) is 0 Å². The highest BCUT2D eigenvalue weighted by atomic mass is 15.1. The topological polar surface area (TPSA) is 67.1 Å². The largest absolute Gasteiger partial charge is 0.378 e. The van der Waals surface area contributed by atoms with Crippen LogP contribution in [0.3, 0.4) is 0 Å². The van der Waals surface area contributed by atoms with Crippen molar-refractivity contribution >= 4 is 17.5 Å². The molecule has 0 radical (unpaired) electrons. The SMILES string of the molecule is Cc1cccc(-c2cc(NCCc3ccc(N(C)C)cc3)nc(N)n2)c1C. The van der Waals surface area contributed by atoms with Gasteiger partial charge in [-0.25, -0.2) is 4.98 Å². The second-order valence-electron chi connectivity index (χ2n) is 6.98. The Bertz CT molecular complexity index is 916. The lowest BCUT2D eigenvalue weighted by atomic mass is 10.0. The third-order valence-corrected chi connectivity index (χ3v) is 4.80. The average molecular weight is 361 g/mol. The molecule has 0 saturated carbocycles. The summed E-state index contributed by atoms with van der Waals surface area (Å²) in [6, 6.07) is 16.8. The summed E-state index contributed by atoms with van der Waals surface area (Å²) in [5.41, 5.74) is 12.8. The molecule has 1 aromatic heterocycles. The van der Waals surface area contributed by atoms with Gasteiger partial charge in [-0.2, -0.15) is 4.98 Å². The van der Waals surface area contributed by atoms with Gasteiger partial charge in [0.25, 0.3) is 0 Å². The fourth-order valence-corrected chi connectivity index (χ4v) is 3.02. The molecule has 3 aromatic rings. The van der Waals surface area contributed by atoms with Gasteiger partial charge in [0.2, 0.25) is 5.95 Å². The van der Waals surface area contributed by atoms with Gasteiger partial charge < -0.3 is 16.0 Å². The number of aryl methyl sites for hydroxylation is 1. The smallest absolute Gasteiger partial charge is 0.222 e. The molecule has 3 rings (SSSR count). The van der Waals surface area contributed by atoms with Gasteiger partial charge >= 0.3 is 0 Å². The van der Waals surface area contributed by atoms with E-state index in [0.717, 1.165) is 30.0 Å². The fourth-order valence-electron chi connectivity index (χ4n) is 3.02. The summed E-state index contributed by atoms with van der Waals surface area (Å²) < 4.78 is 0. The zero-order valence-corrected chi connectivity index (χ0v) is 16.5. The summed E-state index contributed by atoms with van der Waals surface area (Å²) in [7, 11) is 4.09. The first-order valence-electron chi connectivity index (χ1n) is 9.15. The summed E-state index contributed by atoms with van der Waals surface area (Å²) in [5.74, 6) is 1.04. The van der Waals surface area contributed by atoms with Crippen LogP contribution in [0, 0.1) is 13.8 Å². The first-order chi connectivity index (χ1) is 12.9. The molecule has 0 aliphatic heterocycles. The molecule has 0 amide bonds. The molecule has 0 bridgehead atoms. The molecule has 1 heterocycles. The van der Waals surface area contributed by atoms with E-state index in [2.05, 4.69) is 70.4 Å². The minimum atomic E-state index is 0.284. The van der Waals surface area contributed by atoms with Crippen LogP contribution in [0.4, 0.5) is 17.5 Å². The number of aromatic nitrogens is 2. The van der Waals surface area contributed by atoms with E-state index < -0.39 is 0 Å². The van der Waals surface area contributed by atoms with Crippen molar-refractivity contribution in [2.75, 3.05) is 36.6 Å². The Morgan fingerprint density at radius 3 is 2.44 bits per heavy atom. The Labute approximate surface area is 161 Å². The first-order valence-corrected chi connectivity index (χ1v) is 9.15. The molecule has 2 aromatic carbocycles. The molecule has 0 saturated heterocycles. The number of benzene rings is 2. The molecule has 5 nitrogen and oxygen atoms in total. The molecule has 27 heavy (non-hydrogen) atoms. The Morgan fingerprint density at radius 1 is 1.00 bits per heavy atom. The zero-order valence-electron chi connectivity index (χ0n) is 16.5. The predicted octanol–water partition coefficient (Wildman–Crippen LogP) is 4.06. The van der Waals surface area contributed by atoms with Crippen LogP contribution in [0.2, 0.25) is 0 Å². The lowest BCUT2D eigenvalue weighted by Gasteiger charge is -2.13. The van der Waals surface area contributed by atoms with Crippen LogP contribution in [-0.2, 0) is 6.42 Å². The van der Waals surface area contributed by atoms with Crippen LogP contribution in [0.25, 0.3) is 11.3 Å². The van der Waals surface area contributed by atoms with E-state index in [-0.39, 0.29) is 5.95 Å². The molecule has 3 N–H and O–H groups in total. The molecule has 0 unspecified atom stereocenters. The lowest BCUT2D eigenvalue weighted by molar-refractivity contribution is 1.000. The number of nitrogens with zero attached hydrogens (tertiary/aromatic N) is 3. The molecule has 5 heteroatoms. The minimum absolute atomic E-state index is 0.284. The number of nitrogens with one attached hydrogen (secondary N) is 1. The van der Waals surface area contributed by atoms with E-state index >= 15 is 0 Å². The number of nitrogen functional groups attached to an aromatic ring is 1. The van der Waals surface area contributed by atoms with Gasteiger partial charge in [0.1, 0.15) is 5.82 Å². The van der Waals surface area contributed by atoms with Crippen molar-refractivity contribution in [3.63, 3.8) is 0 Å². The van der Waals surface area contributed by atoms with Gasteiger partial charge in [0.15, 0.2) is 0 Å². The van der Waals surface area contributed by atoms with Crippen LogP contribution in [0.1, 0.15) is 16.7 Å². The third-order valence-electron chi connectivity index (χ3n) is 4.80. The molecule has 0 aliphatic rings. The van der Waals surface area contributed by atoms with Crippen molar-refractivity contribution in [1.29, 1.82) is 0 Å². The van der Waals surface area contributed by atoms with Crippen molar-refractivity contribution in [3.05, 3.63) is 65.2 Å². The van der Waals surface area contributed by atoms with Crippen LogP contribution >= 0.6 is 0 Å². The zero-order chi connectivity index (χ0) is 19.4. The van der Waals surface area contributed by atoms with E-state index in [0.29, 0.717) is 0 Å². The van der Waals surface area contributed by atoms with Crippen LogP contribution in [-0.4, -0.2) is 30.6 Å². The van der Waals surface area contributed by atoms with Crippen molar-refractivity contribution in [1.82, 2.24) is 9.97 Å². The van der Waals surface area contributed by atoms with Crippen LogP contribution in [0.15, 0.2) is 48.5 Å². The lowest BCUT2D eigenvalue weighted by Crippen LogP contribution is -2.10. The Hall–Kier alpha value is -3.08. The molecule has 0 atom stereocenters. The van der Waals surface area contributed by atoms with Crippen molar-refractivity contribution in [3.8, 4) is 11.3 Å². The van der Waals surface area contributed by atoms with Gasteiger partial charge in [0.05, 0.1) is 5.69 Å². The Kier molecular flexibility index (Phi) is 5.60. The van der Waals surface area contributed by atoms with Gasteiger partial charge in [-0.3, -0.25) is 0 Å². The molecule has 0 spiro atoms. The molecule has 140 valence electrons. The van der Waals surface area contributed by atoms with Gasteiger partial charge in [-0.15, -0.1) is 0 Å². The van der Waals surface area contributed by atoms with E-state index in [9.17, 15) is 0 Å². The Balaban J connectivity index is 1.70. The maximum atomic E-state index is 5.95.